The number of methoxy groups -OCH3 is 1. The van der Waals surface area contributed by atoms with E-state index in [2.05, 4.69) is 49.4 Å². The molecular weight excluding hydrogens is 258 g/mol. The van der Waals surface area contributed by atoms with Gasteiger partial charge in [-0.1, -0.05) is 30.3 Å². The molecule has 0 N–H and O–H groups in total. The number of nitrogens with zero attached hydrogens (tertiary/aromatic N) is 1. The lowest BCUT2D eigenvalue weighted by Crippen LogP contribution is -1.89. The zero-order valence-electron chi connectivity index (χ0n) is 12.1. The Balaban J connectivity index is 2.20. The zero-order valence-corrected chi connectivity index (χ0v) is 12.1. The molecule has 0 fully saturated rings. The molecule has 0 aliphatic carbocycles. The summed E-state index contributed by atoms with van der Waals surface area (Å²) >= 11 is 0. The predicted octanol–water partition coefficient (Wildman–Crippen LogP) is 4.86. The van der Waals surface area contributed by atoms with Gasteiger partial charge in [0.05, 0.1) is 18.1 Å². The summed E-state index contributed by atoms with van der Waals surface area (Å²) in [4.78, 5) is 4.88. The van der Waals surface area contributed by atoms with Crippen molar-refractivity contribution in [2.45, 2.75) is 6.92 Å². The van der Waals surface area contributed by atoms with E-state index >= 15 is 0 Å². The van der Waals surface area contributed by atoms with Gasteiger partial charge in [0, 0.05) is 16.2 Å². The van der Waals surface area contributed by atoms with Gasteiger partial charge in [-0.15, -0.1) is 0 Å². The molecule has 0 radical (unpaired) electrons. The van der Waals surface area contributed by atoms with Crippen LogP contribution >= 0.6 is 0 Å². The zero-order chi connectivity index (χ0) is 14.4. The van der Waals surface area contributed by atoms with E-state index in [4.69, 9.17) is 9.72 Å². The number of rotatable bonds is 1. The summed E-state index contributed by atoms with van der Waals surface area (Å²) in [7, 11) is 1.69. The minimum Gasteiger partial charge on any atom is -0.497 e. The van der Waals surface area contributed by atoms with Crippen molar-refractivity contribution < 1.29 is 4.74 Å². The smallest absolute Gasteiger partial charge is 0.119 e. The molecule has 1 heterocycles. The maximum atomic E-state index is 5.31. The maximum absolute atomic E-state index is 5.31. The third-order valence-electron chi connectivity index (χ3n) is 4.14. The fourth-order valence-corrected chi connectivity index (χ4v) is 3.00. The van der Waals surface area contributed by atoms with Crippen LogP contribution in [0.15, 0.2) is 54.6 Å². The minimum absolute atomic E-state index is 0.874. The molecule has 0 saturated heterocycles. The lowest BCUT2D eigenvalue weighted by atomic mass is 10.00. The van der Waals surface area contributed by atoms with Crippen molar-refractivity contribution in [2.75, 3.05) is 7.11 Å². The molecule has 0 amide bonds. The van der Waals surface area contributed by atoms with Crippen LogP contribution in [0.2, 0.25) is 0 Å². The normalized spacial score (nSPS) is 11.3. The Bertz CT molecular complexity index is 989. The predicted molar refractivity (Wildman–Crippen MR) is 88.0 cm³/mol. The van der Waals surface area contributed by atoms with E-state index in [1.165, 1.54) is 21.7 Å². The fourth-order valence-electron chi connectivity index (χ4n) is 3.00. The number of fused-ring (bicyclic) bond motifs is 4. The van der Waals surface area contributed by atoms with Gasteiger partial charge in [0.25, 0.3) is 0 Å². The lowest BCUT2D eigenvalue weighted by molar-refractivity contribution is 0.415. The van der Waals surface area contributed by atoms with Crippen LogP contribution in [0.3, 0.4) is 0 Å². The van der Waals surface area contributed by atoms with Gasteiger partial charge in [-0.3, -0.25) is 0 Å². The van der Waals surface area contributed by atoms with Crippen molar-refractivity contribution in [1.29, 1.82) is 0 Å². The molecule has 3 aromatic carbocycles. The summed E-state index contributed by atoms with van der Waals surface area (Å²) in [5, 5.41) is 4.76. The highest BCUT2D eigenvalue weighted by molar-refractivity contribution is 6.10. The van der Waals surface area contributed by atoms with E-state index in [9.17, 15) is 0 Å². The van der Waals surface area contributed by atoms with E-state index in [-0.39, 0.29) is 0 Å². The Labute approximate surface area is 123 Å². The van der Waals surface area contributed by atoms with Crippen molar-refractivity contribution in [1.82, 2.24) is 4.98 Å². The topological polar surface area (TPSA) is 22.1 Å². The van der Waals surface area contributed by atoms with Gasteiger partial charge in [-0.05, 0) is 42.1 Å². The minimum atomic E-state index is 0.874. The van der Waals surface area contributed by atoms with E-state index in [1.54, 1.807) is 7.11 Å². The van der Waals surface area contributed by atoms with Crippen LogP contribution < -0.4 is 4.74 Å². The van der Waals surface area contributed by atoms with Crippen molar-refractivity contribution >= 4 is 32.6 Å². The SMILES string of the molecule is COc1ccc2c(ccc3c(C)c4ccccc4nc32)c1. The number of benzene rings is 3. The van der Waals surface area contributed by atoms with Crippen LogP contribution in [0.1, 0.15) is 5.56 Å². The van der Waals surface area contributed by atoms with Crippen molar-refractivity contribution in [3.05, 3.63) is 60.2 Å². The number of aromatic nitrogens is 1. The number of para-hydroxylation sites is 1. The first-order valence-corrected chi connectivity index (χ1v) is 7.04. The Morgan fingerprint density at radius 3 is 2.52 bits per heavy atom. The van der Waals surface area contributed by atoms with Gasteiger partial charge in [0.15, 0.2) is 0 Å². The molecule has 0 spiro atoms. The number of aryl methyl sites for hydroxylation is 1. The van der Waals surface area contributed by atoms with Crippen LogP contribution in [0.4, 0.5) is 0 Å². The Morgan fingerprint density at radius 1 is 0.857 bits per heavy atom. The summed E-state index contributed by atoms with van der Waals surface area (Å²) < 4.78 is 5.31. The Hall–Kier alpha value is -2.61. The van der Waals surface area contributed by atoms with Gasteiger partial charge in [0.2, 0.25) is 0 Å². The first-order chi connectivity index (χ1) is 10.3. The molecule has 0 bridgehead atoms. The monoisotopic (exact) mass is 273 g/mol. The van der Waals surface area contributed by atoms with Crippen LogP contribution in [0, 0.1) is 6.92 Å². The second kappa shape index (κ2) is 4.45. The maximum Gasteiger partial charge on any atom is 0.119 e. The number of pyridine rings is 1. The molecule has 102 valence electrons. The summed E-state index contributed by atoms with van der Waals surface area (Å²) in [5.74, 6) is 0.874. The van der Waals surface area contributed by atoms with Crippen molar-refractivity contribution in [2.24, 2.45) is 0 Å². The van der Waals surface area contributed by atoms with Gasteiger partial charge >= 0.3 is 0 Å². The standard InChI is InChI=1S/C19H15NO/c1-12-15-5-3-4-6-18(15)20-19-16(12)9-7-13-11-14(21-2)8-10-17(13)19/h3-11H,1-2H3. The van der Waals surface area contributed by atoms with E-state index in [0.717, 1.165) is 22.2 Å². The summed E-state index contributed by atoms with van der Waals surface area (Å²) in [6, 6.07) is 18.8. The van der Waals surface area contributed by atoms with Gasteiger partial charge in [0.1, 0.15) is 5.75 Å². The Kier molecular flexibility index (Phi) is 2.58. The van der Waals surface area contributed by atoms with Gasteiger partial charge < -0.3 is 4.74 Å². The number of hydrogen-bond donors (Lipinski definition) is 0. The van der Waals surface area contributed by atoms with Crippen molar-refractivity contribution in [3.63, 3.8) is 0 Å². The van der Waals surface area contributed by atoms with Crippen LogP contribution in [0.5, 0.6) is 5.75 Å². The fraction of sp³-hybridized carbons (Fsp3) is 0.105. The highest BCUT2D eigenvalue weighted by Gasteiger charge is 2.08. The lowest BCUT2D eigenvalue weighted by Gasteiger charge is -2.10. The summed E-state index contributed by atoms with van der Waals surface area (Å²) in [6.45, 7) is 2.17. The van der Waals surface area contributed by atoms with E-state index in [0.29, 0.717) is 0 Å². The van der Waals surface area contributed by atoms with E-state index in [1.807, 2.05) is 12.1 Å². The highest BCUT2D eigenvalue weighted by Crippen LogP contribution is 2.31. The first kappa shape index (κ1) is 12.2. The van der Waals surface area contributed by atoms with Crippen molar-refractivity contribution in [3.8, 4) is 5.75 Å². The summed E-state index contributed by atoms with van der Waals surface area (Å²) in [5.41, 5.74) is 3.39. The average molecular weight is 273 g/mol. The largest absolute Gasteiger partial charge is 0.497 e. The van der Waals surface area contributed by atoms with Gasteiger partial charge in [-0.2, -0.15) is 0 Å². The molecule has 2 nitrogen and oxygen atoms in total. The van der Waals surface area contributed by atoms with Gasteiger partial charge in [-0.25, -0.2) is 4.98 Å². The Morgan fingerprint density at radius 2 is 1.67 bits per heavy atom. The first-order valence-electron chi connectivity index (χ1n) is 7.04. The summed E-state index contributed by atoms with van der Waals surface area (Å²) in [6.07, 6.45) is 0. The highest BCUT2D eigenvalue weighted by atomic mass is 16.5. The molecular formula is C19H15NO. The molecule has 2 heteroatoms. The molecule has 4 aromatic rings. The molecule has 1 aromatic heterocycles. The molecule has 0 unspecified atom stereocenters. The molecule has 4 rings (SSSR count). The number of hydrogen-bond acceptors (Lipinski definition) is 2. The second-order valence-corrected chi connectivity index (χ2v) is 5.30. The molecule has 21 heavy (non-hydrogen) atoms. The van der Waals surface area contributed by atoms with Crippen LogP contribution in [-0.4, -0.2) is 12.1 Å². The average Bonchev–Trinajstić information content (AvgIpc) is 2.54. The quantitative estimate of drug-likeness (QED) is 0.365. The molecule has 0 atom stereocenters. The second-order valence-electron chi connectivity index (χ2n) is 5.30. The molecule has 0 aliphatic rings. The molecule has 0 aliphatic heterocycles. The molecule has 0 saturated carbocycles. The van der Waals surface area contributed by atoms with E-state index < -0.39 is 0 Å². The van der Waals surface area contributed by atoms with Crippen LogP contribution in [0.25, 0.3) is 32.6 Å². The number of ether oxygens (including phenoxy) is 1. The third kappa shape index (κ3) is 1.76. The third-order valence-corrected chi connectivity index (χ3v) is 4.14. The van der Waals surface area contributed by atoms with Crippen LogP contribution in [-0.2, 0) is 0 Å².